The van der Waals surface area contributed by atoms with Crippen LogP contribution in [0.2, 0.25) is 0 Å². The monoisotopic (exact) mass is 407 g/mol. The zero-order valence-corrected chi connectivity index (χ0v) is 18.3. The van der Waals surface area contributed by atoms with Crippen LogP contribution in [0, 0.1) is 6.92 Å². The van der Waals surface area contributed by atoms with Gasteiger partial charge in [-0.3, -0.25) is 0 Å². The second-order valence-corrected chi connectivity index (χ2v) is 8.97. The number of hydrogen-bond acceptors (Lipinski definition) is 5. The van der Waals surface area contributed by atoms with Crippen LogP contribution in [0.25, 0.3) is 5.70 Å². The highest BCUT2D eigenvalue weighted by Crippen LogP contribution is 2.41. The van der Waals surface area contributed by atoms with Gasteiger partial charge in [-0.15, -0.1) is 0 Å². The Bertz CT molecular complexity index is 948. The summed E-state index contributed by atoms with van der Waals surface area (Å²) in [7, 11) is 0. The Labute approximate surface area is 179 Å². The molecule has 30 heavy (non-hydrogen) atoms. The summed E-state index contributed by atoms with van der Waals surface area (Å²) in [4.78, 5) is 7.20. The van der Waals surface area contributed by atoms with Crippen molar-refractivity contribution >= 4 is 17.2 Å². The fourth-order valence-corrected chi connectivity index (χ4v) is 4.33. The first-order valence-corrected chi connectivity index (χ1v) is 10.8. The second kappa shape index (κ2) is 8.19. The van der Waals surface area contributed by atoms with Gasteiger partial charge in [-0.1, -0.05) is 6.07 Å². The van der Waals surface area contributed by atoms with Crippen molar-refractivity contribution in [1.29, 1.82) is 0 Å². The molecule has 160 valence electrons. The lowest BCUT2D eigenvalue weighted by atomic mass is 9.85. The summed E-state index contributed by atoms with van der Waals surface area (Å²) in [6.07, 6.45) is 7.29. The van der Waals surface area contributed by atoms with E-state index in [0.29, 0.717) is 18.1 Å². The van der Waals surface area contributed by atoms with Crippen LogP contribution in [0.15, 0.2) is 52.3 Å². The highest BCUT2D eigenvalue weighted by atomic mass is 16.5. The van der Waals surface area contributed by atoms with Crippen LogP contribution in [-0.4, -0.2) is 42.6 Å². The number of morpholine rings is 1. The van der Waals surface area contributed by atoms with Crippen LogP contribution in [0.3, 0.4) is 0 Å². The SMILES string of the molecule is Cc1cc(N=C(N)C2=C(N)C=CNC2)ccc1C(=C1CCC1)N1CCOCC1(C)C. The van der Waals surface area contributed by atoms with Gasteiger partial charge in [-0.05, 0) is 75.6 Å². The molecule has 4 rings (SSSR count). The molecule has 0 amide bonds. The topological polar surface area (TPSA) is 88.9 Å². The molecule has 2 aliphatic heterocycles. The average Bonchev–Trinajstić information content (AvgIpc) is 2.65. The van der Waals surface area contributed by atoms with E-state index in [2.05, 4.69) is 54.2 Å². The average molecular weight is 408 g/mol. The predicted octanol–water partition coefficient (Wildman–Crippen LogP) is 3.32. The molecule has 2 heterocycles. The molecule has 3 aliphatic rings. The Kier molecular flexibility index (Phi) is 5.60. The molecule has 1 aromatic carbocycles. The van der Waals surface area contributed by atoms with E-state index in [1.165, 1.54) is 36.1 Å². The molecule has 1 saturated heterocycles. The lowest BCUT2D eigenvalue weighted by molar-refractivity contribution is -0.0208. The van der Waals surface area contributed by atoms with E-state index >= 15 is 0 Å². The first kappa shape index (κ1) is 20.5. The van der Waals surface area contributed by atoms with Crippen molar-refractivity contribution in [2.24, 2.45) is 16.5 Å². The summed E-state index contributed by atoms with van der Waals surface area (Å²) >= 11 is 0. The standard InChI is InChI=1S/C24H33N5O/c1-16-13-18(28-23(26)20-14-27-10-9-21(20)25)7-8-19(16)22(17-5-4-6-17)29-11-12-30-15-24(29,2)3/h7-10,13,27H,4-6,11-12,14-15,25H2,1-3H3,(H2,26,28). The van der Waals surface area contributed by atoms with Crippen molar-refractivity contribution < 1.29 is 4.74 Å². The van der Waals surface area contributed by atoms with Gasteiger partial charge in [0.15, 0.2) is 0 Å². The molecule has 6 nitrogen and oxygen atoms in total. The number of amidine groups is 1. The number of benzene rings is 1. The third-order valence-electron chi connectivity index (χ3n) is 6.24. The fraction of sp³-hybridized carbons (Fsp3) is 0.458. The number of nitrogens with one attached hydrogen (secondary N) is 1. The zero-order valence-electron chi connectivity index (χ0n) is 18.3. The molecule has 1 saturated carbocycles. The van der Waals surface area contributed by atoms with Crippen molar-refractivity contribution in [1.82, 2.24) is 10.2 Å². The number of nitrogens with two attached hydrogens (primary N) is 2. The van der Waals surface area contributed by atoms with E-state index < -0.39 is 0 Å². The van der Waals surface area contributed by atoms with Crippen molar-refractivity contribution in [3.05, 3.63) is 58.4 Å². The molecule has 0 unspecified atom stereocenters. The lowest BCUT2D eigenvalue weighted by Gasteiger charge is -2.47. The van der Waals surface area contributed by atoms with Gasteiger partial charge in [0.25, 0.3) is 0 Å². The molecule has 0 atom stereocenters. The number of nitrogens with zero attached hydrogens (tertiary/aromatic N) is 2. The maximum Gasteiger partial charge on any atom is 0.131 e. The predicted molar refractivity (Wildman–Crippen MR) is 123 cm³/mol. The number of rotatable bonds is 4. The molecular formula is C24H33N5O. The van der Waals surface area contributed by atoms with Gasteiger partial charge in [-0.2, -0.15) is 0 Å². The summed E-state index contributed by atoms with van der Waals surface area (Å²) in [6.45, 7) is 9.74. The molecule has 0 radical (unpaired) electrons. The molecule has 5 N–H and O–H groups in total. The van der Waals surface area contributed by atoms with E-state index in [1.807, 2.05) is 12.3 Å². The van der Waals surface area contributed by atoms with Gasteiger partial charge in [0.1, 0.15) is 5.84 Å². The smallest absolute Gasteiger partial charge is 0.131 e. The first-order chi connectivity index (χ1) is 14.4. The number of dihydropyridines is 1. The Balaban J connectivity index is 1.68. The maximum absolute atomic E-state index is 6.26. The quantitative estimate of drug-likeness (QED) is 0.526. The molecular weight excluding hydrogens is 374 g/mol. The van der Waals surface area contributed by atoms with E-state index in [4.69, 9.17) is 16.2 Å². The minimum absolute atomic E-state index is 0.0185. The van der Waals surface area contributed by atoms with Crippen LogP contribution in [-0.2, 0) is 4.74 Å². The van der Waals surface area contributed by atoms with Crippen LogP contribution >= 0.6 is 0 Å². The number of aliphatic imine (C=N–C) groups is 1. The second-order valence-electron chi connectivity index (χ2n) is 8.97. The van der Waals surface area contributed by atoms with Crippen LogP contribution in [0.4, 0.5) is 5.69 Å². The minimum Gasteiger partial charge on any atom is -0.398 e. The van der Waals surface area contributed by atoms with Crippen LogP contribution in [0.5, 0.6) is 0 Å². The van der Waals surface area contributed by atoms with Gasteiger partial charge in [0, 0.05) is 35.6 Å². The number of aryl methyl sites for hydroxylation is 1. The molecule has 0 spiro atoms. The summed E-state index contributed by atoms with van der Waals surface area (Å²) in [5, 5.41) is 3.14. The van der Waals surface area contributed by atoms with Crippen molar-refractivity contribution in [2.45, 2.75) is 45.6 Å². The summed E-state index contributed by atoms with van der Waals surface area (Å²) < 4.78 is 5.77. The Hall–Kier alpha value is -2.73. The van der Waals surface area contributed by atoms with Gasteiger partial charge in [0.05, 0.1) is 24.4 Å². The third-order valence-corrected chi connectivity index (χ3v) is 6.24. The van der Waals surface area contributed by atoms with E-state index in [9.17, 15) is 0 Å². The molecule has 1 aromatic rings. The number of hydrogen-bond donors (Lipinski definition) is 3. The van der Waals surface area contributed by atoms with Crippen molar-refractivity contribution in [3.63, 3.8) is 0 Å². The van der Waals surface area contributed by atoms with E-state index in [-0.39, 0.29) is 5.54 Å². The molecule has 0 bridgehead atoms. The lowest BCUT2D eigenvalue weighted by Crippen LogP contribution is -2.52. The third kappa shape index (κ3) is 3.97. The number of ether oxygens (including phenoxy) is 1. The highest BCUT2D eigenvalue weighted by Gasteiger charge is 2.35. The zero-order chi connectivity index (χ0) is 21.3. The summed E-state index contributed by atoms with van der Waals surface area (Å²) in [5.41, 5.74) is 20.1. The largest absolute Gasteiger partial charge is 0.398 e. The summed E-state index contributed by atoms with van der Waals surface area (Å²) in [5.74, 6) is 0.461. The van der Waals surface area contributed by atoms with E-state index in [1.54, 1.807) is 5.57 Å². The molecule has 6 heteroatoms. The van der Waals surface area contributed by atoms with Gasteiger partial charge in [-0.25, -0.2) is 4.99 Å². The summed E-state index contributed by atoms with van der Waals surface area (Å²) in [6, 6.07) is 6.38. The fourth-order valence-electron chi connectivity index (χ4n) is 4.33. The normalized spacial score (nSPS) is 21.4. The Morgan fingerprint density at radius 2 is 2.07 bits per heavy atom. The van der Waals surface area contributed by atoms with Crippen LogP contribution in [0.1, 0.15) is 44.2 Å². The van der Waals surface area contributed by atoms with Gasteiger partial charge in [0.2, 0.25) is 0 Å². The highest BCUT2D eigenvalue weighted by molar-refractivity contribution is 6.00. The Morgan fingerprint density at radius 1 is 1.27 bits per heavy atom. The Morgan fingerprint density at radius 3 is 2.70 bits per heavy atom. The van der Waals surface area contributed by atoms with Gasteiger partial charge >= 0.3 is 0 Å². The van der Waals surface area contributed by atoms with Crippen LogP contribution < -0.4 is 16.8 Å². The minimum atomic E-state index is -0.0185. The molecule has 2 fully saturated rings. The van der Waals surface area contributed by atoms with E-state index in [0.717, 1.165) is 31.0 Å². The maximum atomic E-state index is 6.26. The molecule has 1 aliphatic carbocycles. The van der Waals surface area contributed by atoms with Crippen molar-refractivity contribution in [3.8, 4) is 0 Å². The first-order valence-electron chi connectivity index (χ1n) is 10.8. The molecule has 0 aromatic heterocycles. The number of allylic oxidation sites excluding steroid dienone is 2. The van der Waals surface area contributed by atoms with Crippen molar-refractivity contribution in [2.75, 3.05) is 26.3 Å². The van der Waals surface area contributed by atoms with Gasteiger partial charge < -0.3 is 26.4 Å².